The standard InChI is InChI=1S/C24H24N2/c1-13-12-18-22(26-14(13)2)19-16(23(18,3)4)10-9-15-20(19)24(5,6)17-8-7-11-25-21(15)17/h7-12H,1-6H3. The first-order chi connectivity index (χ1) is 12.2. The normalized spacial score (nSPS) is 17.5. The Hall–Kier alpha value is -2.48. The second-order valence-electron chi connectivity index (χ2n) is 8.85. The summed E-state index contributed by atoms with van der Waals surface area (Å²) in [6, 6.07) is 11.2. The van der Waals surface area contributed by atoms with Crippen LogP contribution in [0.1, 0.15) is 61.2 Å². The second kappa shape index (κ2) is 4.62. The monoisotopic (exact) mass is 340 g/mol. The molecule has 2 heteroatoms. The molecule has 0 atom stereocenters. The van der Waals surface area contributed by atoms with Gasteiger partial charge in [-0.25, -0.2) is 0 Å². The molecule has 2 nitrogen and oxygen atoms in total. The maximum atomic E-state index is 5.08. The number of nitrogens with zero attached hydrogens (tertiary/aromatic N) is 2. The first kappa shape index (κ1) is 15.7. The molecular formula is C24H24N2. The zero-order valence-corrected chi connectivity index (χ0v) is 16.4. The van der Waals surface area contributed by atoms with Gasteiger partial charge in [0.15, 0.2) is 0 Å². The van der Waals surface area contributed by atoms with Crippen LogP contribution in [0, 0.1) is 13.8 Å². The summed E-state index contributed by atoms with van der Waals surface area (Å²) in [6.45, 7) is 13.6. The molecule has 2 aliphatic rings. The predicted octanol–water partition coefficient (Wildman–Crippen LogP) is 5.71. The quantitative estimate of drug-likeness (QED) is 0.524. The fourth-order valence-corrected chi connectivity index (χ4v) is 4.99. The van der Waals surface area contributed by atoms with Crippen LogP contribution in [0.4, 0.5) is 0 Å². The Morgan fingerprint density at radius 3 is 2.35 bits per heavy atom. The molecule has 0 fully saturated rings. The second-order valence-corrected chi connectivity index (χ2v) is 8.85. The van der Waals surface area contributed by atoms with Crippen molar-refractivity contribution in [3.63, 3.8) is 0 Å². The van der Waals surface area contributed by atoms with Crippen LogP contribution >= 0.6 is 0 Å². The maximum Gasteiger partial charge on any atom is 0.0752 e. The summed E-state index contributed by atoms with van der Waals surface area (Å²) >= 11 is 0. The van der Waals surface area contributed by atoms with Crippen LogP contribution in [-0.4, -0.2) is 9.97 Å². The molecule has 0 spiro atoms. The Bertz CT molecular complexity index is 1100. The Labute approximate surface area is 155 Å². The minimum absolute atomic E-state index is 0.0244. The van der Waals surface area contributed by atoms with E-state index in [4.69, 9.17) is 9.97 Å². The molecule has 0 unspecified atom stereocenters. The summed E-state index contributed by atoms with van der Waals surface area (Å²) in [5.74, 6) is 0. The van der Waals surface area contributed by atoms with E-state index in [-0.39, 0.29) is 10.8 Å². The number of hydrogen-bond acceptors (Lipinski definition) is 2. The van der Waals surface area contributed by atoms with Crippen molar-refractivity contribution >= 4 is 0 Å². The van der Waals surface area contributed by atoms with Crippen LogP contribution in [0.15, 0.2) is 36.5 Å². The SMILES string of the molecule is Cc1cc2c(nc1C)-c1c(ccc3c1C(C)(C)c1cccnc1-3)C2(C)C. The lowest BCUT2D eigenvalue weighted by atomic mass is 9.77. The van der Waals surface area contributed by atoms with Crippen molar-refractivity contribution < 1.29 is 0 Å². The van der Waals surface area contributed by atoms with Gasteiger partial charge in [0.2, 0.25) is 0 Å². The highest BCUT2D eigenvalue weighted by molar-refractivity contribution is 5.91. The zero-order chi connectivity index (χ0) is 18.4. The molecule has 0 aliphatic heterocycles. The van der Waals surface area contributed by atoms with Crippen molar-refractivity contribution in [3.8, 4) is 22.5 Å². The van der Waals surface area contributed by atoms with Gasteiger partial charge in [-0.2, -0.15) is 0 Å². The van der Waals surface area contributed by atoms with Gasteiger partial charge in [0.05, 0.1) is 11.4 Å². The van der Waals surface area contributed by atoms with Gasteiger partial charge in [0, 0.05) is 33.8 Å². The van der Waals surface area contributed by atoms with Gasteiger partial charge in [-0.05, 0) is 47.7 Å². The van der Waals surface area contributed by atoms with E-state index in [2.05, 4.69) is 71.9 Å². The Morgan fingerprint density at radius 1 is 0.808 bits per heavy atom. The number of aromatic nitrogens is 2. The average molecular weight is 340 g/mol. The minimum Gasteiger partial charge on any atom is -0.256 e. The summed E-state index contributed by atoms with van der Waals surface area (Å²) < 4.78 is 0. The minimum atomic E-state index is -0.0670. The van der Waals surface area contributed by atoms with Crippen molar-refractivity contribution in [2.75, 3.05) is 0 Å². The third-order valence-corrected chi connectivity index (χ3v) is 6.62. The van der Waals surface area contributed by atoms with Crippen molar-refractivity contribution in [1.82, 2.24) is 9.97 Å². The smallest absolute Gasteiger partial charge is 0.0752 e. The molecule has 0 bridgehead atoms. The highest BCUT2D eigenvalue weighted by Gasteiger charge is 2.45. The van der Waals surface area contributed by atoms with Crippen LogP contribution < -0.4 is 0 Å². The molecule has 0 saturated carbocycles. The van der Waals surface area contributed by atoms with E-state index < -0.39 is 0 Å². The summed E-state index contributed by atoms with van der Waals surface area (Å²) in [5.41, 5.74) is 12.7. The molecule has 0 amide bonds. The van der Waals surface area contributed by atoms with E-state index in [1.54, 1.807) is 0 Å². The van der Waals surface area contributed by atoms with E-state index in [9.17, 15) is 0 Å². The van der Waals surface area contributed by atoms with Gasteiger partial charge in [-0.1, -0.05) is 52.0 Å². The molecule has 0 N–H and O–H groups in total. The van der Waals surface area contributed by atoms with Crippen molar-refractivity contribution in [3.05, 3.63) is 70.0 Å². The number of fused-ring (bicyclic) bond motifs is 7. The van der Waals surface area contributed by atoms with Gasteiger partial charge in [0.1, 0.15) is 0 Å². The third-order valence-electron chi connectivity index (χ3n) is 6.62. The lowest BCUT2D eigenvalue weighted by molar-refractivity contribution is 0.646. The molecule has 0 saturated heterocycles. The Morgan fingerprint density at radius 2 is 1.58 bits per heavy atom. The molecule has 2 aromatic heterocycles. The van der Waals surface area contributed by atoms with E-state index >= 15 is 0 Å². The molecule has 2 heterocycles. The third kappa shape index (κ3) is 1.68. The number of benzene rings is 1. The van der Waals surface area contributed by atoms with Crippen molar-refractivity contribution in [1.29, 1.82) is 0 Å². The molecule has 1 aromatic carbocycles. The zero-order valence-electron chi connectivity index (χ0n) is 16.4. The van der Waals surface area contributed by atoms with E-state index in [0.29, 0.717) is 0 Å². The first-order valence-electron chi connectivity index (χ1n) is 9.37. The highest BCUT2D eigenvalue weighted by Crippen LogP contribution is 2.58. The predicted molar refractivity (Wildman–Crippen MR) is 107 cm³/mol. The largest absolute Gasteiger partial charge is 0.256 e. The summed E-state index contributed by atoms with van der Waals surface area (Å²) in [6.07, 6.45) is 1.90. The lowest BCUT2D eigenvalue weighted by Gasteiger charge is -2.25. The molecule has 0 radical (unpaired) electrons. The molecule has 3 aromatic rings. The van der Waals surface area contributed by atoms with Crippen molar-refractivity contribution in [2.45, 2.75) is 52.4 Å². The van der Waals surface area contributed by atoms with Crippen LogP contribution in [0.2, 0.25) is 0 Å². The number of hydrogen-bond donors (Lipinski definition) is 0. The van der Waals surface area contributed by atoms with Crippen molar-refractivity contribution in [2.24, 2.45) is 0 Å². The van der Waals surface area contributed by atoms with Gasteiger partial charge >= 0.3 is 0 Å². The van der Waals surface area contributed by atoms with E-state index in [1.165, 1.54) is 44.6 Å². The Balaban J connectivity index is 1.94. The number of pyridine rings is 2. The van der Waals surface area contributed by atoms with E-state index in [0.717, 1.165) is 11.4 Å². The number of rotatable bonds is 0. The van der Waals surface area contributed by atoms with Crippen LogP contribution in [0.25, 0.3) is 22.5 Å². The van der Waals surface area contributed by atoms with Crippen LogP contribution in [0.5, 0.6) is 0 Å². The van der Waals surface area contributed by atoms with Gasteiger partial charge in [0.25, 0.3) is 0 Å². The average Bonchev–Trinajstić information content (AvgIpc) is 2.96. The topological polar surface area (TPSA) is 25.8 Å². The van der Waals surface area contributed by atoms with Crippen LogP contribution in [-0.2, 0) is 10.8 Å². The highest BCUT2D eigenvalue weighted by atomic mass is 14.8. The van der Waals surface area contributed by atoms with Gasteiger partial charge < -0.3 is 0 Å². The summed E-state index contributed by atoms with van der Waals surface area (Å²) in [4.78, 5) is 9.80. The van der Waals surface area contributed by atoms with Gasteiger partial charge in [-0.3, -0.25) is 9.97 Å². The molecule has 5 rings (SSSR count). The van der Waals surface area contributed by atoms with E-state index in [1.807, 2.05) is 6.20 Å². The maximum absolute atomic E-state index is 5.08. The summed E-state index contributed by atoms with van der Waals surface area (Å²) in [5, 5.41) is 0. The number of aryl methyl sites for hydroxylation is 2. The molecule has 2 aliphatic carbocycles. The van der Waals surface area contributed by atoms with Crippen LogP contribution in [0.3, 0.4) is 0 Å². The fraction of sp³-hybridized carbons (Fsp3) is 0.333. The summed E-state index contributed by atoms with van der Waals surface area (Å²) in [7, 11) is 0. The lowest BCUT2D eigenvalue weighted by Crippen LogP contribution is -2.18. The first-order valence-corrected chi connectivity index (χ1v) is 9.37. The molecular weight excluding hydrogens is 316 g/mol. The molecule has 26 heavy (non-hydrogen) atoms. The fourth-order valence-electron chi connectivity index (χ4n) is 4.99. The Kier molecular flexibility index (Phi) is 2.80. The molecule has 130 valence electrons. The van der Waals surface area contributed by atoms with Gasteiger partial charge in [-0.15, -0.1) is 0 Å².